The number of rotatable bonds is 5. The first-order valence-electron chi connectivity index (χ1n) is 4.85. The fourth-order valence-corrected chi connectivity index (χ4v) is 1.20. The summed E-state index contributed by atoms with van der Waals surface area (Å²) in [4.78, 5) is 0. The molecule has 0 amide bonds. The van der Waals surface area contributed by atoms with Crippen molar-refractivity contribution in [3.8, 4) is 0 Å². The van der Waals surface area contributed by atoms with Gasteiger partial charge in [-0.3, -0.25) is 0 Å². The van der Waals surface area contributed by atoms with E-state index in [1.807, 2.05) is 6.92 Å². The molecule has 1 atom stereocenters. The largest absolute Gasteiger partial charge is 0.395 e. The SMILES string of the molecule is CCC(CO)NCc1ccc(F)cc1.Cl. The smallest absolute Gasteiger partial charge is 0.123 e. The standard InChI is InChI=1S/C11H16FNO.ClH/c1-2-11(8-14)13-7-9-3-5-10(12)6-4-9;/h3-6,11,13-14H,2,7-8H2,1H3;1H. The maximum Gasteiger partial charge on any atom is 0.123 e. The molecule has 1 aromatic carbocycles. The topological polar surface area (TPSA) is 32.3 Å². The fraction of sp³-hybridized carbons (Fsp3) is 0.455. The number of hydrogen-bond donors (Lipinski definition) is 2. The lowest BCUT2D eigenvalue weighted by Gasteiger charge is -2.13. The van der Waals surface area contributed by atoms with Crippen LogP contribution >= 0.6 is 12.4 Å². The average Bonchev–Trinajstić information content (AvgIpc) is 2.22. The van der Waals surface area contributed by atoms with E-state index in [2.05, 4.69) is 5.32 Å². The van der Waals surface area contributed by atoms with Crippen molar-refractivity contribution in [1.82, 2.24) is 5.32 Å². The van der Waals surface area contributed by atoms with Crippen molar-refractivity contribution >= 4 is 12.4 Å². The molecule has 2 nitrogen and oxygen atoms in total. The number of aliphatic hydroxyl groups excluding tert-OH is 1. The second kappa shape index (κ2) is 7.63. The van der Waals surface area contributed by atoms with Crippen molar-refractivity contribution in [2.45, 2.75) is 25.9 Å². The van der Waals surface area contributed by atoms with Gasteiger partial charge in [-0.2, -0.15) is 0 Å². The van der Waals surface area contributed by atoms with Crippen molar-refractivity contribution in [3.05, 3.63) is 35.6 Å². The summed E-state index contributed by atoms with van der Waals surface area (Å²) >= 11 is 0. The number of benzene rings is 1. The lowest BCUT2D eigenvalue weighted by Crippen LogP contribution is -2.31. The first-order valence-corrected chi connectivity index (χ1v) is 4.85. The Bertz CT molecular complexity index is 262. The number of hydrogen-bond acceptors (Lipinski definition) is 2. The van der Waals surface area contributed by atoms with Gasteiger partial charge in [0, 0.05) is 12.6 Å². The second-order valence-electron chi connectivity index (χ2n) is 3.30. The minimum absolute atomic E-state index is 0. The molecule has 0 bridgehead atoms. The summed E-state index contributed by atoms with van der Waals surface area (Å²) in [5.74, 6) is -0.219. The van der Waals surface area contributed by atoms with Crippen molar-refractivity contribution in [3.63, 3.8) is 0 Å². The molecule has 0 aliphatic carbocycles. The van der Waals surface area contributed by atoms with E-state index in [0.29, 0.717) is 6.54 Å². The molecule has 0 aliphatic rings. The average molecular weight is 234 g/mol. The molecule has 0 aromatic heterocycles. The maximum absolute atomic E-state index is 12.6. The Balaban J connectivity index is 0.00000196. The molecule has 1 rings (SSSR count). The van der Waals surface area contributed by atoms with Crippen LogP contribution in [-0.4, -0.2) is 17.8 Å². The van der Waals surface area contributed by atoms with Crippen molar-refractivity contribution < 1.29 is 9.50 Å². The Hall–Kier alpha value is -0.640. The maximum atomic E-state index is 12.6. The monoisotopic (exact) mass is 233 g/mol. The third-order valence-corrected chi connectivity index (χ3v) is 2.22. The molecule has 0 radical (unpaired) electrons. The van der Waals surface area contributed by atoms with Gasteiger partial charge in [0.25, 0.3) is 0 Å². The lowest BCUT2D eigenvalue weighted by molar-refractivity contribution is 0.238. The number of aliphatic hydroxyl groups is 1. The van der Waals surface area contributed by atoms with E-state index in [1.54, 1.807) is 12.1 Å². The van der Waals surface area contributed by atoms with Crippen LogP contribution in [0.2, 0.25) is 0 Å². The summed E-state index contributed by atoms with van der Waals surface area (Å²) < 4.78 is 12.6. The van der Waals surface area contributed by atoms with Crippen molar-refractivity contribution in [2.75, 3.05) is 6.61 Å². The number of halogens is 2. The lowest BCUT2D eigenvalue weighted by atomic mass is 10.2. The summed E-state index contributed by atoms with van der Waals surface area (Å²) in [6.45, 7) is 2.82. The van der Waals surface area contributed by atoms with Crippen LogP contribution in [0.15, 0.2) is 24.3 Å². The molecule has 1 unspecified atom stereocenters. The fourth-order valence-electron chi connectivity index (χ4n) is 1.20. The summed E-state index contributed by atoms with van der Waals surface area (Å²) in [5, 5.41) is 12.1. The molecule has 4 heteroatoms. The van der Waals surface area contributed by atoms with E-state index in [-0.39, 0.29) is 30.9 Å². The first-order chi connectivity index (χ1) is 6.76. The van der Waals surface area contributed by atoms with Crippen LogP contribution in [0.5, 0.6) is 0 Å². The summed E-state index contributed by atoms with van der Waals surface area (Å²) in [5.41, 5.74) is 1.03. The van der Waals surface area contributed by atoms with Gasteiger partial charge in [-0.25, -0.2) is 4.39 Å². The summed E-state index contributed by atoms with van der Waals surface area (Å²) in [6.07, 6.45) is 0.887. The molecule has 2 N–H and O–H groups in total. The molecular weight excluding hydrogens is 217 g/mol. The van der Waals surface area contributed by atoms with Gasteiger partial charge in [-0.05, 0) is 24.1 Å². The summed E-state index contributed by atoms with van der Waals surface area (Å²) in [7, 11) is 0. The van der Waals surface area contributed by atoms with Crippen LogP contribution in [0.3, 0.4) is 0 Å². The van der Waals surface area contributed by atoms with Crippen LogP contribution in [0, 0.1) is 5.82 Å². The van der Waals surface area contributed by atoms with Gasteiger partial charge in [0.2, 0.25) is 0 Å². The van der Waals surface area contributed by atoms with E-state index in [0.717, 1.165) is 12.0 Å². The molecule has 0 heterocycles. The van der Waals surface area contributed by atoms with E-state index in [1.165, 1.54) is 12.1 Å². The molecule has 0 saturated heterocycles. The van der Waals surface area contributed by atoms with Crippen LogP contribution in [0.4, 0.5) is 4.39 Å². The molecular formula is C11H17ClFNO. The molecule has 86 valence electrons. The van der Waals surface area contributed by atoms with E-state index in [4.69, 9.17) is 5.11 Å². The highest BCUT2D eigenvalue weighted by Crippen LogP contribution is 2.02. The molecule has 0 fully saturated rings. The van der Waals surface area contributed by atoms with Gasteiger partial charge < -0.3 is 10.4 Å². The highest BCUT2D eigenvalue weighted by Gasteiger charge is 2.02. The minimum atomic E-state index is -0.219. The van der Waals surface area contributed by atoms with Gasteiger partial charge in [0.1, 0.15) is 5.82 Å². The second-order valence-corrected chi connectivity index (χ2v) is 3.30. The Morgan fingerprint density at radius 3 is 2.40 bits per heavy atom. The first kappa shape index (κ1) is 14.4. The highest BCUT2D eigenvalue weighted by molar-refractivity contribution is 5.85. The van der Waals surface area contributed by atoms with Crippen molar-refractivity contribution in [1.29, 1.82) is 0 Å². The highest BCUT2D eigenvalue weighted by atomic mass is 35.5. The zero-order valence-corrected chi connectivity index (χ0v) is 9.56. The third-order valence-electron chi connectivity index (χ3n) is 2.22. The predicted molar refractivity (Wildman–Crippen MR) is 61.7 cm³/mol. The molecule has 15 heavy (non-hydrogen) atoms. The molecule has 0 aliphatic heterocycles. The Kier molecular flexibility index (Phi) is 7.30. The van der Waals surface area contributed by atoms with E-state index < -0.39 is 0 Å². The van der Waals surface area contributed by atoms with Crippen LogP contribution in [-0.2, 0) is 6.54 Å². The Labute approximate surface area is 95.9 Å². The van der Waals surface area contributed by atoms with Crippen molar-refractivity contribution in [2.24, 2.45) is 0 Å². The molecule has 0 saturated carbocycles. The quantitative estimate of drug-likeness (QED) is 0.817. The third kappa shape index (κ3) is 5.11. The Morgan fingerprint density at radius 1 is 1.33 bits per heavy atom. The zero-order valence-electron chi connectivity index (χ0n) is 8.74. The Morgan fingerprint density at radius 2 is 1.93 bits per heavy atom. The molecule has 1 aromatic rings. The van der Waals surface area contributed by atoms with E-state index in [9.17, 15) is 4.39 Å². The molecule has 0 spiro atoms. The number of nitrogens with one attached hydrogen (secondary N) is 1. The predicted octanol–water partition coefficient (Wildman–Crippen LogP) is 2.11. The van der Waals surface area contributed by atoms with Crippen LogP contribution in [0.1, 0.15) is 18.9 Å². The van der Waals surface area contributed by atoms with Gasteiger partial charge in [0.05, 0.1) is 6.61 Å². The van der Waals surface area contributed by atoms with Gasteiger partial charge in [0.15, 0.2) is 0 Å². The van der Waals surface area contributed by atoms with Gasteiger partial charge in [-0.1, -0.05) is 19.1 Å². The van der Waals surface area contributed by atoms with Crippen LogP contribution < -0.4 is 5.32 Å². The zero-order chi connectivity index (χ0) is 10.4. The van der Waals surface area contributed by atoms with E-state index >= 15 is 0 Å². The van der Waals surface area contributed by atoms with Gasteiger partial charge in [-0.15, -0.1) is 12.4 Å². The minimum Gasteiger partial charge on any atom is -0.395 e. The van der Waals surface area contributed by atoms with Crippen LogP contribution in [0.25, 0.3) is 0 Å². The summed E-state index contributed by atoms with van der Waals surface area (Å²) in [6, 6.07) is 6.49. The normalized spacial score (nSPS) is 11.9. The van der Waals surface area contributed by atoms with Gasteiger partial charge >= 0.3 is 0 Å².